The van der Waals surface area contributed by atoms with Gasteiger partial charge in [-0.15, -0.1) is 16.4 Å². The van der Waals surface area contributed by atoms with Crippen LogP contribution in [0.1, 0.15) is 34.4 Å². The Balaban J connectivity index is 1.47. The fourth-order valence-electron chi connectivity index (χ4n) is 3.08. The van der Waals surface area contributed by atoms with Crippen molar-refractivity contribution in [3.05, 3.63) is 46.5 Å². The molecule has 1 aliphatic rings. The van der Waals surface area contributed by atoms with Gasteiger partial charge in [-0.2, -0.15) is 0 Å². The number of benzene rings is 1. The number of carbonyl (C=O) groups excluding carboxylic acids is 1. The first-order chi connectivity index (χ1) is 12.7. The summed E-state index contributed by atoms with van der Waals surface area (Å²) < 4.78 is 1.81. The van der Waals surface area contributed by atoms with Gasteiger partial charge < -0.3 is 10.6 Å². The van der Waals surface area contributed by atoms with E-state index in [1.165, 1.54) is 0 Å². The molecule has 1 aromatic carbocycles. The van der Waals surface area contributed by atoms with Crippen molar-refractivity contribution in [2.24, 2.45) is 0 Å². The fourth-order valence-corrected chi connectivity index (χ4v) is 3.70. The minimum Gasteiger partial charge on any atom is -0.321 e. The molecule has 0 aliphatic carbocycles. The molecule has 3 aromatic rings. The van der Waals surface area contributed by atoms with Crippen molar-refractivity contribution >= 4 is 22.9 Å². The number of nitrogens with zero attached hydrogens (tertiary/aromatic N) is 4. The van der Waals surface area contributed by atoms with Crippen LogP contribution in [0, 0.1) is 6.92 Å². The standard InChI is InChI=1S/C18H20N6OS/c1-12-20-17(11-26-12)13-3-2-4-14(9-13)21-18(25)16-10-24(23-22-16)15-5-7-19-8-6-15/h2-4,9-11,15,19H,5-8H2,1H3,(H,21,25). The summed E-state index contributed by atoms with van der Waals surface area (Å²) in [5.74, 6) is -0.253. The van der Waals surface area contributed by atoms with Crippen molar-refractivity contribution in [1.82, 2.24) is 25.3 Å². The summed E-state index contributed by atoms with van der Waals surface area (Å²) in [5, 5.41) is 17.4. The first-order valence-corrected chi connectivity index (χ1v) is 9.53. The molecule has 0 saturated carbocycles. The van der Waals surface area contributed by atoms with Crippen LogP contribution in [0.15, 0.2) is 35.8 Å². The maximum Gasteiger partial charge on any atom is 0.277 e. The fraction of sp³-hybridized carbons (Fsp3) is 0.333. The predicted molar refractivity (Wildman–Crippen MR) is 101 cm³/mol. The molecule has 1 amide bonds. The third-order valence-electron chi connectivity index (χ3n) is 4.46. The van der Waals surface area contributed by atoms with Gasteiger partial charge in [-0.1, -0.05) is 17.3 Å². The van der Waals surface area contributed by atoms with Crippen molar-refractivity contribution in [1.29, 1.82) is 0 Å². The van der Waals surface area contributed by atoms with Crippen molar-refractivity contribution in [3.8, 4) is 11.3 Å². The second-order valence-electron chi connectivity index (χ2n) is 6.35. The molecule has 0 radical (unpaired) electrons. The molecular formula is C18H20N6OS. The maximum absolute atomic E-state index is 12.5. The molecule has 4 rings (SSSR count). The number of amides is 1. The highest BCUT2D eigenvalue weighted by Crippen LogP contribution is 2.24. The summed E-state index contributed by atoms with van der Waals surface area (Å²) >= 11 is 1.61. The zero-order chi connectivity index (χ0) is 17.9. The minimum absolute atomic E-state index is 0.253. The Hall–Kier alpha value is -2.58. The second kappa shape index (κ2) is 7.35. The number of thiazole rings is 1. The van der Waals surface area contributed by atoms with E-state index < -0.39 is 0 Å². The van der Waals surface area contributed by atoms with Gasteiger partial charge in [-0.05, 0) is 45.0 Å². The molecule has 0 unspecified atom stereocenters. The van der Waals surface area contributed by atoms with Crippen LogP contribution in [0.4, 0.5) is 5.69 Å². The first-order valence-electron chi connectivity index (χ1n) is 8.65. The van der Waals surface area contributed by atoms with E-state index in [2.05, 4.69) is 25.9 Å². The molecule has 3 heterocycles. The van der Waals surface area contributed by atoms with Crippen LogP contribution in [-0.4, -0.2) is 39.0 Å². The van der Waals surface area contributed by atoms with Gasteiger partial charge in [0.05, 0.1) is 22.9 Å². The van der Waals surface area contributed by atoms with Crippen LogP contribution in [0.5, 0.6) is 0 Å². The Bertz CT molecular complexity index is 912. The largest absolute Gasteiger partial charge is 0.321 e. The summed E-state index contributed by atoms with van der Waals surface area (Å²) in [5.41, 5.74) is 2.94. The molecule has 2 aromatic heterocycles. The van der Waals surface area contributed by atoms with Gasteiger partial charge in [0.25, 0.3) is 5.91 Å². The molecule has 2 N–H and O–H groups in total. The number of piperidine rings is 1. The van der Waals surface area contributed by atoms with Crippen LogP contribution < -0.4 is 10.6 Å². The molecule has 26 heavy (non-hydrogen) atoms. The number of hydrogen-bond donors (Lipinski definition) is 2. The van der Waals surface area contributed by atoms with Gasteiger partial charge in [0.2, 0.25) is 0 Å². The van der Waals surface area contributed by atoms with Gasteiger partial charge in [-0.3, -0.25) is 4.79 Å². The molecule has 1 saturated heterocycles. The molecule has 1 aliphatic heterocycles. The quantitative estimate of drug-likeness (QED) is 0.740. The van der Waals surface area contributed by atoms with Crippen LogP contribution in [-0.2, 0) is 0 Å². The SMILES string of the molecule is Cc1nc(-c2cccc(NC(=O)c3cn(C4CCNCC4)nn3)c2)cs1. The smallest absolute Gasteiger partial charge is 0.277 e. The third kappa shape index (κ3) is 3.66. The lowest BCUT2D eigenvalue weighted by Gasteiger charge is -2.22. The highest BCUT2D eigenvalue weighted by molar-refractivity contribution is 7.09. The van der Waals surface area contributed by atoms with Crippen molar-refractivity contribution in [2.75, 3.05) is 18.4 Å². The average molecular weight is 368 g/mol. The maximum atomic E-state index is 12.5. The number of anilines is 1. The number of hydrogen-bond acceptors (Lipinski definition) is 6. The number of aryl methyl sites for hydroxylation is 1. The van der Waals surface area contributed by atoms with E-state index in [0.29, 0.717) is 11.7 Å². The lowest BCUT2D eigenvalue weighted by atomic mass is 10.1. The van der Waals surface area contributed by atoms with Crippen molar-refractivity contribution < 1.29 is 4.79 Å². The zero-order valence-electron chi connectivity index (χ0n) is 14.5. The molecule has 1 fully saturated rings. The van der Waals surface area contributed by atoms with E-state index in [0.717, 1.165) is 47.9 Å². The summed E-state index contributed by atoms with van der Waals surface area (Å²) in [6, 6.07) is 7.98. The number of rotatable bonds is 4. The van der Waals surface area contributed by atoms with E-state index >= 15 is 0 Å². The van der Waals surface area contributed by atoms with Gasteiger partial charge >= 0.3 is 0 Å². The Morgan fingerprint density at radius 3 is 2.96 bits per heavy atom. The number of carbonyl (C=O) groups is 1. The normalized spacial score (nSPS) is 15.1. The lowest BCUT2D eigenvalue weighted by molar-refractivity contribution is 0.102. The molecule has 0 bridgehead atoms. The van der Waals surface area contributed by atoms with Crippen LogP contribution in [0.25, 0.3) is 11.3 Å². The van der Waals surface area contributed by atoms with Crippen molar-refractivity contribution in [2.45, 2.75) is 25.8 Å². The predicted octanol–water partition coefficient (Wildman–Crippen LogP) is 2.89. The summed E-state index contributed by atoms with van der Waals surface area (Å²) in [6.45, 7) is 3.91. The number of nitrogens with one attached hydrogen (secondary N) is 2. The Morgan fingerprint density at radius 2 is 2.19 bits per heavy atom. The van der Waals surface area contributed by atoms with E-state index in [1.54, 1.807) is 17.5 Å². The Kier molecular flexibility index (Phi) is 4.77. The second-order valence-corrected chi connectivity index (χ2v) is 7.41. The van der Waals surface area contributed by atoms with E-state index in [1.807, 2.05) is 41.3 Å². The summed E-state index contributed by atoms with van der Waals surface area (Å²) in [6.07, 6.45) is 3.73. The van der Waals surface area contributed by atoms with E-state index in [-0.39, 0.29) is 5.91 Å². The number of aromatic nitrogens is 4. The Morgan fingerprint density at radius 1 is 1.35 bits per heavy atom. The highest BCUT2D eigenvalue weighted by atomic mass is 32.1. The lowest BCUT2D eigenvalue weighted by Crippen LogP contribution is -2.29. The van der Waals surface area contributed by atoms with Crippen LogP contribution in [0.3, 0.4) is 0 Å². The first kappa shape index (κ1) is 16.9. The molecule has 8 heteroatoms. The third-order valence-corrected chi connectivity index (χ3v) is 5.23. The topological polar surface area (TPSA) is 84.7 Å². The van der Waals surface area contributed by atoms with Crippen LogP contribution in [0.2, 0.25) is 0 Å². The monoisotopic (exact) mass is 368 g/mol. The van der Waals surface area contributed by atoms with Crippen LogP contribution >= 0.6 is 11.3 Å². The van der Waals surface area contributed by atoms with Gasteiger partial charge in [0.1, 0.15) is 0 Å². The van der Waals surface area contributed by atoms with E-state index in [4.69, 9.17) is 0 Å². The molecule has 7 nitrogen and oxygen atoms in total. The molecule has 0 atom stereocenters. The molecule has 0 spiro atoms. The minimum atomic E-state index is -0.253. The van der Waals surface area contributed by atoms with Crippen molar-refractivity contribution in [3.63, 3.8) is 0 Å². The van der Waals surface area contributed by atoms with Gasteiger partial charge in [0.15, 0.2) is 5.69 Å². The Labute approximate surface area is 155 Å². The highest BCUT2D eigenvalue weighted by Gasteiger charge is 2.19. The summed E-state index contributed by atoms with van der Waals surface area (Å²) in [7, 11) is 0. The van der Waals surface area contributed by atoms with Gasteiger partial charge in [-0.25, -0.2) is 9.67 Å². The van der Waals surface area contributed by atoms with Gasteiger partial charge in [0, 0.05) is 16.6 Å². The average Bonchev–Trinajstić information content (AvgIpc) is 3.32. The zero-order valence-corrected chi connectivity index (χ0v) is 15.3. The van der Waals surface area contributed by atoms with E-state index in [9.17, 15) is 4.79 Å². The summed E-state index contributed by atoms with van der Waals surface area (Å²) in [4.78, 5) is 17.0. The molecular weight excluding hydrogens is 348 g/mol. The molecule has 134 valence electrons.